The molecule has 3 atom stereocenters. The predicted octanol–water partition coefficient (Wildman–Crippen LogP) is 3.33. The first-order valence-electron chi connectivity index (χ1n) is 8.67. The molecule has 1 aromatic carbocycles. The van der Waals surface area contributed by atoms with Crippen LogP contribution in [0.25, 0.3) is 0 Å². The van der Waals surface area contributed by atoms with Crippen molar-refractivity contribution in [1.29, 1.82) is 0 Å². The Labute approximate surface area is 150 Å². The van der Waals surface area contributed by atoms with Gasteiger partial charge >= 0.3 is 0 Å². The van der Waals surface area contributed by atoms with Crippen molar-refractivity contribution >= 4 is 0 Å². The zero-order chi connectivity index (χ0) is 17.9. The van der Waals surface area contributed by atoms with E-state index in [9.17, 15) is 0 Å². The molecule has 0 aliphatic carbocycles. The van der Waals surface area contributed by atoms with Gasteiger partial charge in [0.05, 0.1) is 13.2 Å². The molecule has 138 valence electrons. The molecule has 1 aromatic rings. The van der Waals surface area contributed by atoms with Gasteiger partial charge in [0, 0.05) is 27.2 Å². The van der Waals surface area contributed by atoms with E-state index in [0.29, 0.717) is 13.0 Å². The Bertz CT molecular complexity index is 557. The molecule has 5 heteroatoms. The van der Waals surface area contributed by atoms with Crippen LogP contribution in [-0.4, -0.2) is 46.9 Å². The van der Waals surface area contributed by atoms with Gasteiger partial charge in [0.15, 0.2) is 6.29 Å². The summed E-state index contributed by atoms with van der Waals surface area (Å²) in [6.45, 7) is 1.15. The van der Waals surface area contributed by atoms with Gasteiger partial charge in [0.1, 0.15) is 18.5 Å². The molecule has 1 aliphatic heterocycles. The van der Waals surface area contributed by atoms with Gasteiger partial charge in [-0.15, -0.1) is 0 Å². The van der Waals surface area contributed by atoms with E-state index < -0.39 is 0 Å². The molecule has 1 heterocycles. The van der Waals surface area contributed by atoms with Gasteiger partial charge in [0.2, 0.25) is 0 Å². The lowest BCUT2D eigenvalue weighted by Crippen LogP contribution is -2.23. The van der Waals surface area contributed by atoms with E-state index in [1.54, 1.807) is 21.3 Å². The van der Waals surface area contributed by atoms with Crippen LogP contribution >= 0.6 is 0 Å². The molecule has 0 N–H and O–H groups in total. The fourth-order valence-corrected chi connectivity index (χ4v) is 2.84. The van der Waals surface area contributed by atoms with Crippen LogP contribution in [0.3, 0.4) is 0 Å². The Balaban J connectivity index is 1.87. The molecular weight excluding hydrogens is 320 g/mol. The number of methoxy groups -OCH3 is 3. The topological polar surface area (TPSA) is 46.2 Å². The normalized spacial score (nSPS) is 19.6. The number of ether oxygens (including phenoxy) is 5. The third-order valence-electron chi connectivity index (χ3n) is 4.22. The largest absolute Gasteiger partial charge is 0.497 e. The van der Waals surface area contributed by atoms with Crippen molar-refractivity contribution in [3.8, 4) is 17.6 Å². The highest BCUT2D eigenvalue weighted by Gasteiger charge is 2.22. The van der Waals surface area contributed by atoms with Crippen molar-refractivity contribution in [3.05, 3.63) is 29.8 Å². The van der Waals surface area contributed by atoms with Gasteiger partial charge in [0.25, 0.3) is 0 Å². The summed E-state index contributed by atoms with van der Waals surface area (Å²) in [6, 6.07) is 7.80. The van der Waals surface area contributed by atoms with E-state index in [-0.39, 0.29) is 18.5 Å². The van der Waals surface area contributed by atoms with Crippen LogP contribution in [0.1, 0.15) is 37.4 Å². The first kappa shape index (κ1) is 19.7. The third-order valence-corrected chi connectivity index (χ3v) is 4.22. The quantitative estimate of drug-likeness (QED) is 0.674. The van der Waals surface area contributed by atoms with Crippen molar-refractivity contribution in [1.82, 2.24) is 0 Å². The highest BCUT2D eigenvalue weighted by molar-refractivity contribution is 5.30. The minimum absolute atomic E-state index is 0.107. The minimum atomic E-state index is -0.211. The number of hydrogen-bond acceptors (Lipinski definition) is 5. The summed E-state index contributed by atoms with van der Waals surface area (Å²) in [5, 5.41) is 0. The van der Waals surface area contributed by atoms with Gasteiger partial charge in [-0.1, -0.05) is 24.0 Å². The molecule has 0 amide bonds. The fraction of sp³-hybridized carbons (Fsp3) is 0.600. The SMILES string of the molecule is COc1cccc([C@@H](OC)[C@@H](CC#CCOC2CCCCO2)OC)c1. The molecule has 0 saturated carbocycles. The second-order valence-corrected chi connectivity index (χ2v) is 5.87. The third kappa shape index (κ3) is 6.33. The number of hydrogen-bond donors (Lipinski definition) is 0. The summed E-state index contributed by atoms with van der Waals surface area (Å²) in [6.07, 6.45) is 3.28. The second kappa shape index (κ2) is 11.1. The lowest BCUT2D eigenvalue weighted by Gasteiger charge is -2.24. The van der Waals surface area contributed by atoms with Crippen LogP contribution < -0.4 is 4.74 Å². The average molecular weight is 348 g/mol. The Hall–Kier alpha value is -1.58. The monoisotopic (exact) mass is 348 g/mol. The molecule has 5 nitrogen and oxygen atoms in total. The lowest BCUT2D eigenvalue weighted by molar-refractivity contribution is -0.154. The molecule has 25 heavy (non-hydrogen) atoms. The van der Waals surface area contributed by atoms with Gasteiger partial charge < -0.3 is 23.7 Å². The minimum Gasteiger partial charge on any atom is -0.497 e. The summed E-state index contributed by atoms with van der Waals surface area (Å²) >= 11 is 0. The molecule has 1 aliphatic rings. The lowest BCUT2D eigenvalue weighted by atomic mass is 10.0. The molecule has 0 spiro atoms. The summed E-state index contributed by atoms with van der Waals surface area (Å²) in [5.41, 5.74) is 1.00. The molecule has 0 aromatic heterocycles. The van der Waals surface area contributed by atoms with Crippen LogP contribution in [0.2, 0.25) is 0 Å². The molecule has 2 rings (SSSR count). The van der Waals surface area contributed by atoms with Crippen LogP contribution in [0, 0.1) is 11.8 Å². The van der Waals surface area contributed by atoms with Crippen LogP contribution in [0.4, 0.5) is 0 Å². The summed E-state index contributed by atoms with van der Waals surface area (Å²) in [5.74, 6) is 6.95. The first-order chi connectivity index (χ1) is 12.3. The van der Waals surface area contributed by atoms with Crippen LogP contribution in [-0.2, 0) is 18.9 Å². The van der Waals surface area contributed by atoms with Gasteiger partial charge in [-0.2, -0.15) is 0 Å². The maximum Gasteiger partial charge on any atom is 0.158 e. The summed E-state index contributed by atoms with van der Waals surface area (Å²) < 4.78 is 27.6. The van der Waals surface area contributed by atoms with Gasteiger partial charge in [-0.05, 0) is 37.0 Å². The Kier molecular flexibility index (Phi) is 8.78. The molecule has 0 bridgehead atoms. The van der Waals surface area contributed by atoms with E-state index in [1.165, 1.54) is 0 Å². The molecule has 1 saturated heterocycles. The van der Waals surface area contributed by atoms with Gasteiger partial charge in [-0.3, -0.25) is 0 Å². The van der Waals surface area contributed by atoms with Crippen molar-refractivity contribution in [3.63, 3.8) is 0 Å². The van der Waals surface area contributed by atoms with Crippen LogP contribution in [0.5, 0.6) is 5.75 Å². The van der Waals surface area contributed by atoms with E-state index in [0.717, 1.165) is 37.2 Å². The predicted molar refractivity (Wildman–Crippen MR) is 95.5 cm³/mol. The Morgan fingerprint density at radius 1 is 1.16 bits per heavy atom. The van der Waals surface area contributed by atoms with Gasteiger partial charge in [-0.25, -0.2) is 0 Å². The molecular formula is C20H28O5. The first-order valence-corrected chi connectivity index (χ1v) is 8.67. The number of rotatable bonds is 8. The Morgan fingerprint density at radius 3 is 2.72 bits per heavy atom. The average Bonchev–Trinajstić information content (AvgIpc) is 2.67. The zero-order valence-electron chi connectivity index (χ0n) is 15.3. The highest BCUT2D eigenvalue weighted by atomic mass is 16.7. The zero-order valence-corrected chi connectivity index (χ0v) is 15.3. The second-order valence-electron chi connectivity index (χ2n) is 5.87. The van der Waals surface area contributed by atoms with Crippen molar-refractivity contribution in [2.24, 2.45) is 0 Å². The van der Waals surface area contributed by atoms with E-state index >= 15 is 0 Å². The van der Waals surface area contributed by atoms with Crippen molar-refractivity contribution in [2.45, 2.75) is 44.2 Å². The summed E-state index contributed by atoms with van der Waals surface area (Å²) in [7, 11) is 4.99. The van der Waals surface area contributed by atoms with Crippen molar-refractivity contribution < 1.29 is 23.7 Å². The van der Waals surface area contributed by atoms with Crippen molar-refractivity contribution in [2.75, 3.05) is 34.5 Å². The fourth-order valence-electron chi connectivity index (χ4n) is 2.84. The highest BCUT2D eigenvalue weighted by Crippen LogP contribution is 2.27. The maximum atomic E-state index is 5.64. The summed E-state index contributed by atoms with van der Waals surface area (Å²) in [4.78, 5) is 0. The van der Waals surface area contributed by atoms with E-state index in [4.69, 9.17) is 23.7 Å². The van der Waals surface area contributed by atoms with E-state index in [1.807, 2.05) is 24.3 Å². The van der Waals surface area contributed by atoms with Crippen LogP contribution in [0.15, 0.2) is 24.3 Å². The number of benzene rings is 1. The molecule has 0 radical (unpaired) electrons. The smallest absolute Gasteiger partial charge is 0.158 e. The molecule has 1 unspecified atom stereocenters. The Morgan fingerprint density at radius 2 is 2.04 bits per heavy atom. The van der Waals surface area contributed by atoms with E-state index in [2.05, 4.69) is 11.8 Å². The maximum absolute atomic E-state index is 5.64. The molecule has 1 fully saturated rings. The standard InChI is InChI=1S/C20H28O5/c1-21-17-10-8-9-16(15-17)20(23-3)18(22-2)11-4-6-13-24-19-12-5-7-14-25-19/h8-10,15,18-20H,5,7,11-14H2,1-3H3/t18-,19?,20-/m1/s1.